The van der Waals surface area contributed by atoms with Gasteiger partial charge in [0, 0.05) is 12.6 Å². The molecule has 2 aliphatic heterocycles. The second kappa shape index (κ2) is 7.58. The molecule has 3 aromatic rings. The van der Waals surface area contributed by atoms with Crippen molar-refractivity contribution >= 4 is 20.8 Å². The number of benzene rings is 2. The van der Waals surface area contributed by atoms with Crippen molar-refractivity contribution in [2.24, 2.45) is 0 Å². The summed E-state index contributed by atoms with van der Waals surface area (Å²) in [7, 11) is -1.48. The molecule has 5 rings (SSSR count). The molecule has 0 spiro atoms. The third-order valence-corrected chi connectivity index (χ3v) is 7.48. The van der Waals surface area contributed by atoms with E-state index in [-0.39, 0.29) is 28.7 Å². The summed E-state index contributed by atoms with van der Waals surface area (Å²) in [5.41, 5.74) is 0.838. The van der Waals surface area contributed by atoms with Gasteiger partial charge in [-0.1, -0.05) is 12.1 Å². The standard InChI is InChI=1S/C22H21NO7S/c1-27-18-4-2-3-5-19(18)30-20-11-28-22-15(21(20)24)6-7-17-16(22)10-23(13-29-17)14-8-9-31(25,26)12-14/h2-7,11,14H,8-10,12-13H2,1H3/t14-/m1/s1. The first-order valence-electron chi connectivity index (χ1n) is 9.91. The number of rotatable bonds is 4. The molecule has 31 heavy (non-hydrogen) atoms. The summed E-state index contributed by atoms with van der Waals surface area (Å²) in [4.78, 5) is 15.1. The van der Waals surface area contributed by atoms with E-state index in [1.807, 2.05) is 11.0 Å². The Balaban J connectivity index is 1.49. The van der Waals surface area contributed by atoms with Crippen LogP contribution in [0.4, 0.5) is 0 Å². The van der Waals surface area contributed by atoms with Crippen LogP contribution in [-0.4, -0.2) is 44.7 Å². The van der Waals surface area contributed by atoms with E-state index in [1.54, 1.807) is 30.3 Å². The average molecular weight is 443 g/mol. The molecule has 1 fully saturated rings. The highest BCUT2D eigenvalue weighted by atomic mass is 32.2. The van der Waals surface area contributed by atoms with Crippen LogP contribution in [0, 0.1) is 0 Å². The maximum Gasteiger partial charge on any atom is 0.235 e. The Hall–Kier alpha value is -3.04. The topological polar surface area (TPSA) is 95.3 Å². The van der Waals surface area contributed by atoms with E-state index in [9.17, 15) is 13.2 Å². The van der Waals surface area contributed by atoms with Gasteiger partial charge in [0.2, 0.25) is 11.2 Å². The van der Waals surface area contributed by atoms with Crippen LogP contribution in [0.25, 0.3) is 11.0 Å². The Kier molecular flexibility index (Phi) is 4.86. The number of ether oxygens (including phenoxy) is 3. The average Bonchev–Trinajstić information content (AvgIpc) is 3.15. The minimum absolute atomic E-state index is 0.0485. The molecular formula is C22H21NO7S. The van der Waals surface area contributed by atoms with Crippen molar-refractivity contribution in [3.05, 3.63) is 58.4 Å². The smallest absolute Gasteiger partial charge is 0.235 e. The summed E-state index contributed by atoms with van der Waals surface area (Å²) >= 11 is 0. The van der Waals surface area contributed by atoms with Crippen molar-refractivity contribution < 1.29 is 27.0 Å². The van der Waals surface area contributed by atoms with E-state index in [2.05, 4.69) is 0 Å². The van der Waals surface area contributed by atoms with Crippen molar-refractivity contribution in [1.29, 1.82) is 0 Å². The zero-order valence-corrected chi connectivity index (χ0v) is 17.7. The highest BCUT2D eigenvalue weighted by Gasteiger charge is 2.35. The summed E-state index contributed by atoms with van der Waals surface area (Å²) in [5, 5.41) is 0.371. The number of nitrogens with zero attached hydrogens (tertiary/aromatic N) is 1. The van der Waals surface area contributed by atoms with E-state index in [4.69, 9.17) is 18.6 Å². The van der Waals surface area contributed by atoms with Crippen LogP contribution < -0.4 is 19.6 Å². The van der Waals surface area contributed by atoms with Gasteiger partial charge < -0.3 is 18.6 Å². The fraction of sp³-hybridized carbons (Fsp3) is 0.318. The Bertz CT molecular complexity index is 1320. The maximum absolute atomic E-state index is 13.1. The van der Waals surface area contributed by atoms with Crippen LogP contribution in [-0.2, 0) is 16.4 Å². The first-order valence-corrected chi connectivity index (χ1v) is 11.7. The molecule has 1 atom stereocenters. The highest BCUT2D eigenvalue weighted by molar-refractivity contribution is 7.91. The molecule has 1 aromatic heterocycles. The van der Waals surface area contributed by atoms with Gasteiger partial charge in [0.25, 0.3) is 0 Å². The molecule has 0 unspecified atom stereocenters. The quantitative estimate of drug-likeness (QED) is 0.607. The monoisotopic (exact) mass is 443 g/mol. The maximum atomic E-state index is 13.1. The van der Waals surface area contributed by atoms with Gasteiger partial charge in [-0.15, -0.1) is 0 Å². The van der Waals surface area contributed by atoms with E-state index in [0.29, 0.717) is 47.9 Å². The van der Waals surface area contributed by atoms with E-state index in [1.165, 1.54) is 13.4 Å². The zero-order valence-electron chi connectivity index (χ0n) is 16.9. The van der Waals surface area contributed by atoms with Gasteiger partial charge in [-0.2, -0.15) is 0 Å². The molecular weight excluding hydrogens is 422 g/mol. The molecule has 0 saturated carbocycles. The van der Waals surface area contributed by atoms with Crippen LogP contribution >= 0.6 is 0 Å². The van der Waals surface area contributed by atoms with Gasteiger partial charge in [0.1, 0.15) is 24.3 Å². The fourth-order valence-corrected chi connectivity index (χ4v) is 5.86. The molecule has 162 valence electrons. The third kappa shape index (κ3) is 3.64. The van der Waals surface area contributed by atoms with Gasteiger partial charge in [0.05, 0.1) is 29.6 Å². The lowest BCUT2D eigenvalue weighted by Gasteiger charge is -2.33. The van der Waals surface area contributed by atoms with Crippen molar-refractivity contribution in [1.82, 2.24) is 4.90 Å². The molecule has 0 bridgehead atoms. The number of hydrogen-bond acceptors (Lipinski definition) is 8. The molecule has 0 radical (unpaired) electrons. The lowest BCUT2D eigenvalue weighted by Crippen LogP contribution is -2.41. The summed E-state index contributed by atoms with van der Waals surface area (Å²) in [6, 6.07) is 10.3. The van der Waals surface area contributed by atoms with Gasteiger partial charge in [-0.05, 0) is 30.7 Å². The zero-order chi connectivity index (χ0) is 21.6. The van der Waals surface area contributed by atoms with Crippen LogP contribution in [0.1, 0.15) is 12.0 Å². The molecule has 2 aliphatic rings. The summed E-state index contributed by atoms with van der Waals surface area (Å²) < 4.78 is 46.5. The van der Waals surface area contributed by atoms with Crippen molar-refractivity contribution in [3.63, 3.8) is 0 Å². The van der Waals surface area contributed by atoms with Crippen molar-refractivity contribution in [2.75, 3.05) is 25.3 Å². The first kappa shape index (κ1) is 19.9. The SMILES string of the molecule is COc1ccccc1Oc1coc2c3c(ccc2c1=O)OCN([C@@H]1CCS(=O)(=O)C1)C3. The first-order chi connectivity index (χ1) is 14.9. The van der Waals surface area contributed by atoms with Crippen LogP contribution in [0.3, 0.4) is 0 Å². The Morgan fingerprint density at radius 2 is 1.90 bits per heavy atom. The summed E-state index contributed by atoms with van der Waals surface area (Å²) in [5.74, 6) is 1.90. The largest absolute Gasteiger partial charge is 0.493 e. The van der Waals surface area contributed by atoms with Crippen molar-refractivity contribution in [2.45, 2.75) is 19.0 Å². The van der Waals surface area contributed by atoms with E-state index in [0.717, 1.165) is 5.56 Å². The third-order valence-electron chi connectivity index (χ3n) is 5.73. The van der Waals surface area contributed by atoms with E-state index < -0.39 is 9.84 Å². The molecule has 2 aromatic carbocycles. The van der Waals surface area contributed by atoms with Gasteiger partial charge in [0.15, 0.2) is 21.3 Å². The number of fused-ring (bicyclic) bond motifs is 3. The minimum atomic E-state index is -3.01. The Labute approximate surface area is 178 Å². The normalized spacial score (nSPS) is 20.2. The van der Waals surface area contributed by atoms with E-state index >= 15 is 0 Å². The fourth-order valence-electron chi connectivity index (χ4n) is 4.10. The molecule has 8 nitrogen and oxygen atoms in total. The van der Waals surface area contributed by atoms with Crippen LogP contribution in [0.2, 0.25) is 0 Å². The summed E-state index contributed by atoms with van der Waals surface area (Å²) in [6.07, 6.45) is 1.86. The van der Waals surface area contributed by atoms with Crippen molar-refractivity contribution in [3.8, 4) is 23.0 Å². The second-order valence-corrected chi connectivity index (χ2v) is 9.91. The number of hydrogen-bond donors (Lipinski definition) is 0. The molecule has 3 heterocycles. The van der Waals surface area contributed by atoms with Gasteiger partial charge in [-0.3, -0.25) is 9.69 Å². The number of para-hydroxylation sites is 2. The number of methoxy groups -OCH3 is 1. The predicted octanol–water partition coefficient (Wildman–Crippen LogP) is 2.93. The van der Waals surface area contributed by atoms with Crippen LogP contribution in [0.15, 0.2) is 51.9 Å². The molecule has 0 aliphatic carbocycles. The minimum Gasteiger partial charge on any atom is -0.493 e. The van der Waals surface area contributed by atoms with Crippen LogP contribution in [0.5, 0.6) is 23.0 Å². The van der Waals surface area contributed by atoms with Gasteiger partial charge >= 0.3 is 0 Å². The molecule has 0 amide bonds. The lowest BCUT2D eigenvalue weighted by molar-refractivity contribution is 0.0649. The Morgan fingerprint density at radius 3 is 2.65 bits per heavy atom. The highest BCUT2D eigenvalue weighted by Crippen LogP contribution is 2.35. The molecule has 9 heteroatoms. The van der Waals surface area contributed by atoms with Gasteiger partial charge in [-0.25, -0.2) is 8.42 Å². The lowest BCUT2D eigenvalue weighted by atomic mass is 10.1. The predicted molar refractivity (Wildman–Crippen MR) is 114 cm³/mol. The Morgan fingerprint density at radius 1 is 1.10 bits per heavy atom. The molecule has 1 saturated heterocycles. The second-order valence-electron chi connectivity index (χ2n) is 7.68. The number of sulfone groups is 1. The summed E-state index contributed by atoms with van der Waals surface area (Å²) in [6.45, 7) is 0.750. The molecule has 0 N–H and O–H groups in total.